The lowest BCUT2D eigenvalue weighted by Gasteiger charge is -2.43. The van der Waals surface area contributed by atoms with Crippen molar-refractivity contribution >= 4 is 29.0 Å². The molecule has 6 nitrogen and oxygen atoms in total. The Morgan fingerprint density at radius 2 is 2.00 bits per heavy atom. The van der Waals surface area contributed by atoms with Crippen LogP contribution >= 0.6 is 11.6 Å². The predicted molar refractivity (Wildman–Crippen MR) is 117 cm³/mol. The predicted octanol–water partition coefficient (Wildman–Crippen LogP) is 3.99. The van der Waals surface area contributed by atoms with Gasteiger partial charge in [0.05, 0.1) is 41.8 Å². The van der Waals surface area contributed by atoms with E-state index in [2.05, 4.69) is 13.8 Å². The number of halogens is 1. The summed E-state index contributed by atoms with van der Waals surface area (Å²) in [5, 5.41) is 0.529. The number of esters is 1. The number of para-hydroxylation sites is 1. The maximum Gasteiger partial charge on any atom is 0.336 e. The normalized spacial score (nSPS) is 18.6. The molecular weight excluding hydrogens is 404 g/mol. The smallest absolute Gasteiger partial charge is 0.336 e. The molecule has 0 saturated heterocycles. The van der Waals surface area contributed by atoms with Crippen LogP contribution in [0.3, 0.4) is 0 Å². The first-order valence-electron chi connectivity index (χ1n) is 10.3. The van der Waals surface area contributed by atoms with E-state index in [-0.39, 0.29) is 30.8 Å². The van der Waals surface area contributed by atoms with Crippen molar-refractivity contribution in [2.75, 3.05) is 31.3 Å². The van der Waals surface area contributed by atoms with Crippen molar-refractivity contribution in [1.29, 1.82) is 0 Å². The summed E-state index contributed by atoms with van der Waals surface area (Å²) < 4.78 is 11.1. The molecule has 0 amide bonds. The molecular formula is C23H29ClN2O4. The third-order valence-electron chi connectivity index (χ3n) is 5.33. The summed E-state index contributed by atoms with van der Waals surface area (Å²) in [7, 11) is 0. The van der Waals surface area contributed by atoms with E-state index in [4.69, 9.17) is 26.8 Å². The lowest BCUT2D eigenvalue weighted by molar-refractivity contribution is -0.138. The summed E-state index contributed by atoms with van der Waals surface area (Å²) in [5.74, 6) is -0.382. The van der Waals surface area contributed by atoms with Crippen molar-refractivity contribution in [2.45, 2.75) is 40.0 Å². The Balaban J connectivity index is 2.20. The second-order valence-corrected chi connectivity index (χ2v) is 8.72. The van der Waals surface area contributed by atoms with Gasteiger partial charge < -0.3 is 20.1 Å². The zero-order chi connectivity index (χ0) is 21.9. The summed E-state index contributed by atoms with van der Waals surface area (Å²) in [6, 6.07) is 7.41. The number of rotatable bonds is 7. The van der Waals surface area contributed by atoms with Gasteiger partial charge in [-0.05, 0) is 30.9 Å². The molecule has 1 aliphatic carbocycles. The maximum atomic E-state index is 13.1. The molecule has 2 aliphatic rings. The minimum absolute atomic E-state index is 0.0574. The number of carbonyl (C=O) groups is 2. The number of anilines is 1. The molecule has 2 N–H and O–H groups in total. The van der Waals surface area contributed by atoms with Crippen molar-refractivity contribution in [3.63, 3.8) is 0 Å². The Bertz CT molecular complexity index is 904. The minimum Gasteiger partial charge on any atom is -0.463 e. The fraction of sp³-hybridized carbons (Fsp3) is 0.478. The molecule has 0 saturated carbocycles. The Labute approximate surface area is 182 Å². The molecule has 162 valence electrons. The average Bonchev–Trinajstić information content (AvgIpc) is 2.68. The maximum absolute atomic E-state index is 13.1. The molecule has 3 rings (SSSR count). The van der Waals surface area contributed by atoms with Crippen LogP contribution in [0.4, 0.5) is 5.69 Å². The zero-order valence-corrected chi connectivity index (χ0v) is 18.6. The number of nitrogens with two attached hydrogens (primary N) is 1. The van der Waals surface area contributed by atoms with Crippen LogP contribution in [0.25, 0.3) is 0 Å². The van der Waals surface area contributed by atoms with Crippen molar-refractivity contribution in [3.8, 4) is 0 Å². The number of ether oxygens (including phenoxy) is 2. The molecule has 0 atom stereocenters. The van der Waals surface area contributed by atoms with Gasteiger partial charge in [0.2, 0.25) is 0 Å². The minimum atomic E-state index is -0.440. The van der Waals surface area contributed by atoms with Crippen molar-refractivity contribution in [3.05, 3.63) is 51.8 Å². The van der Waals surface area contributed by atoms with Gasteiger partial charge in [-0.2, -0.15) is 0 Å². The van der Waals surface area contributed by atoms with E-state index in [0.717, 1.165) is 5.70 Å². The highest BCUT2D eigenvalue weighted by atomic mass is 35.5. The third-order valence-corrected chi connectivity index (χ3v) is 5.65. The number of hydrogen-bond donors (Lipinski definition) is 1. The van der Waals surface area contributed by atoms with Crippen LogP contribution in [0, 0.1) is 5.41 Å². The molecule has 1 heterocycles. The van der Waals surface area contributed by atoms with Crippen LogP contribution < -0.4 is 10.6 Å². The summed E-state index contributed by atoms with van der Waals surface area (Å²) >= 11 is 6.56. The second kappa shape index (κ2) is 9.33. The first-order valence-corrected chi connectivity index (χ1v) is 10.6. The molecule has 1 aromatic rings. The highest BCUT2D eigenvalue weighted by Crippen LogP contribution is 2.47. The molecule has 0 spiro atoms. The van der Waals surface area contributed by atoms with Gasteiger partial charge >= 0.3 is 5.97 Å². The molecule has 1 aromatic carbocycles. The fourth-order valence-electron chi connectivity index (χ4n) is 4.05. The Morgan fingerprint density at radius 1 is 1.27 bits per heavy atom. The highest BCUT2D eigenvalue weighted by molar-refractivity contribution is 6.33. The molecule has 0 bridgehead atoms. The van der Waals surface area contributed by atoms with Crippen molar-refractivity contribution in [1.82, 2.24) is 0 Å². The van der Waals surface area contributed by atoms with Gasteiger partial charge in [-0.1, -0.05) is 37.6 Å². The number of hydrogen-bond acceptors (Lipinski definition) is 6. The zero-order valence-electron chi connectivity index (χ0n) is 17.8. The molecule has 0 fully saturated rings. The topological polar surface area (TPSA) is 81.9 Å². The molecule has 30 heavy (non-hydrogen) atoms. The molecule has 0 radical (unpaired) electrons. The van der Waals surface area contributed by atoms with E-state index in [9.17, 15) is 9.59 Å². The van der Waals surface area contributed by atoms with E-state index >= 15 is 0 Å². The van der Waals surface area contributed by atoms with Crippen molar-refractivity contribution in [2.24, 2.45) is 11.1 Å². The Morgan fingerprint density at radius 3 is 2.67 bits per heavy atom. The van der Waals surface area contributed by atoms with Crippen LogP contribution in [-0.2, 0) is 19.1 Å². The largest absolute Gasteiger partial charge is 0.463 e. The van der Waals surface area contributed by atoms with Gasteiger partial charge in [0.15, 0.2) is 5.78 Å². The van der Waals surface area contributed by atoms with E-state index in [1.807, 2.05) is 23.1 Å². The first kappa shape index (κ1) is 22.5. The number of carbonyl (C=O) groups excluding carboxylic acids is 2. The van der Waals surface area contributed by atoms with E-state index < -0.39 is 5.97 Å². The molecule has 1 aliphatic heterocycles. The first-order chi connectivity index (χ1) is 14.3. The summed E-state index contributed by atoms with van der Waals surface area (Å²) in [6.07, 6.45) is 1.37. The number of allylic oxidation sites excluding steroid dienone is 2. The third kappa shape index (κ3) is 4.61. The molecule has 7 heteroatoms. The van der Waals surface area contributed by atoms with Gasteiger partial charge in [0.1, 0.15) is 0 Å². The average molecular weight is 433 g/mol. The van der Waals surface area contributed by atoms with E-state index in [1.54, 1.807) is 13.0 Å². The second-order valence-electron chi connectivity index (χ2n) is 8.32. The van der Waals surface area contributed by atoms with Crippen LogP contribution in [-0.4, -0.2) is 38.1 Å². The summed E-state index contributed by atoms with van der Waals surface area (Å²) in [5.41, 5.74) is 8.73. The Hall–Kier alpha value is -2.15. The SMILES string of the molecule is CCOC(=O)C1=C(COCCN)N(c2ccccc2Cl)C2=C(C1)C(=O)CC(C)(C)C2. The van der Waals surface area contributed by atoms with Gasteiger partial charge in [0, 0.05) is 30.7 Å². The number of nitrogens with zero attached hydrogens (tertiary/aromatic N) is 1. The standard InChI is InChI=1S/C23H29ClN2O4/c1-4-30-22(28)16-11-15-19(12-23(2,3)13-21(15)27)26(20(16)14-29-10-9-25)18-8-6-5-7-17(18)24/h5-8H,4,9-14,25H2,1-3H3. The monoisotopic (exact) mass is 432 g/mol. The number of ketones is 1. The summed E-state index contributed by atoms with van der Waals surface area (Å²) in [6.45, 7) is 7.06. The van der Waals surface area contributed by atoms with Gasteiger partial charge in [-0.15, -0.1) is 0 Å². The number of Topliss-reactive ketones (excluding diaryl/α,β-unsaturated/α-hetero) is 1. The van der Waals surface area contributed by atoms with Gasteiger partial charge in [-0.25, -0.2) is 4.79 Å². The Kier molecular flexibility index (Phi) is 7.01. The van der Waals surface area contributed by atoms with Crippen molar-refractivity contribution < 1.29 is 19.1 Å². The van der Waals surface area contributed by atoms with Crippen LogP contribution in [0.5, 0.6) is 0 Å². The lowest BCUT2D eigenvalue weighted by Crippen LogP contribution is -2.40. The van der Waals surface area contributed by atoms with Crippen LogP contribution in [0.1, 0.15) is 40.0 Å². The van der Waals surface area contributed by atoms with Crippen LogP contribution in [0.2, 0.25) is 5.02 Å². The van der Waals surface area contributed by atoms with Crippen LogP contribution in [0.15, 0.2) is 46.8 Å². The quantitative estimate of drug-likeness (QED) is 0.518. The molecule has 0 unspecified atom stereocenters. The van der Waals surface area contributed by atoms with E-state index in [0.29, 0.717) is 53.5 Å². The highest BCUT2D eigenvalue weighted by Gasteiger charge is 2.41. The van der Waals surface area contributed by atoms with Gasteiger partial charge in [0.25, 0.3) is 0 Å². The van der Waals surface area contributed by atoms with Gasteiger partial charge in [-0.3, -0.25) is 4.79 Å². The summed E-state index contributed by atoms with van der Waals surface area (Å²) in [4.78, 5) is 27.8. The number of benzene rings is 1. The fourth-order valence-corrected chi connectivity index (χ4v) is 4.27. The molecule has 0 aromatic heterocycles. The lowest BCUT2D eigenvalue weighted by atomic mass is 9.73. The van der Waals surface area contributed by atoms with E-state index in [1.165, 1.54) is 0 Å².